The SMILES string of the molecule is CC.CC1(C)CCC(C)(C)c2cc(-c3cccc(N4CCC(NCCCCO)CC4)n3)ccc21. The van der Waals surface area contributed by atoms with Crippen LogP contribution in [0.25, 0.3) is 11.3 Å². The van der Waals surface area contributed by atoms with E-state index in [0.717, 1.165) is 56.8 Å². The normalized spacial score (nSPS) is 19.2. The minimum Gasteiger partial charge on any atom is -0.396 e. The topological polar surface area (TPSA) is 48.4 Å². The molecule has 1 fully saturated rings. The average Bonchev–Trinajstić information content (AvgIpc) is 2.86. The van der Waals surface area contributed by atoms with Crippen molar-refractivity contribution in [3.63, 3.8) is 0 Å². The summed E-state index contributed by atoms with van der Waals surface area (Å²) in [5, 5.41) is 12.6. The number of unbranched alkanes of at least 4 members (excludes halogenated alkanes) is 1. The van der Waals surface area contributed by atoms with E-state index in [2.05, 4.69) is 74.3 Å². The molecule has 0 saturated carbocycles. The number of anilines is 1. The van der Waals surface area contributed by atoms with Crippen LogP contribution in [0.1, 0.15) is 91.2 Å². The Balaban J connectivity index is 0.00000158. The molecule has 4 heteroatoms. The largest absolute Gasteiger partial charge is 0.396 e. The number of nitrogens with zero attached hydrogens (tertiary/aromatic N) is 2. The molecule has 1 aromatic heterocycles. The van der Waals surface area contributed by atoms with Crippen molar-refractivity contribution in [1.29, 1.82) is 0 Å². The zero-order chi connectivity index (χ0) is 24.8. The first-order valence-corrected chi connectivity index (χ1v) is 13.5. The molecule has 0 atom stereocenters. The van der Waals surface area contributed by atoms with Crippen molar-refractivity contribution in [1.82, 2.24) is 10.3 Å². The smallest absolute Gasteiger partial charge is 0.129 e. The number of hydrogen-bond acceptors (Lipinski definition) is 4. The van der Waals surface area contributed by atoms with E-state index in [4.69, 9.17) is 10.1 Å². The van der Waals surface area contributed by atoms with Crippen LogP contribution >= 0.6 is 0 Å². The summed E-state index contributed by atoms with van der Waals surface area (Å²) in [6.45, 7) is 16.9. The van der Waals surface area contributed by atoms with Gasteiger partial charge in [0, 0.05) is 31.3 Å². The van der Waals surface area contributed by atoms with Crippen molar-refractivity contribution in [3.05, 3.63) is 47.5 Å². The molecule has 188 valence electrons. The van der Waals surface area contributed by atoms with E-state index < -0.39 is 0 Å². The average molecular weight is 466 g/mol. The number of aromatic nitrogens is 1. The molecule has 0 amide bonds. The molecule has 0 unspecified atom stereocenters. The molecule has 4 nitrogen and oxygen atoms in total. The maximum atomic E-state index is 8.93. The Morgan fingerprint density at radius 1 is 0.941 bits per heavy atom. The molecule has 34 heavy (non-hydrogen) atoms. The Hall–Kier alpha value is -1.91. The third-order valence-electron chi connectivity index (χ3n) is 7.72. The second kappa shape index (κ2) is 11.7. The molecule has 0 spiro atoms. The molecule has 4 rings (SSSR count). The van der Waals surface area contributed by atoms with Crippen molar-refractivity contribution >= 4 is 5.82 Å². The molecule has 2 heterocycles. The second-order valence-electron chi connectivity index (χ2n) is 11.1. The van der Waals surface area contributed by atoms with Crippen molar-refractivity contribution in [2.45, 2.75) is 96.9 Å². The Labute approximate surface area is 208 Å². The van der Waals surface area contributed by atoms with E-state index >= 15 is 0 Å². The fourth-order valence-corrected chi connectivity index (χ4v) is 5.36. The Morgan fingerprint density at radius 3 is 2.29 bits per heavy atom. The van der Waals surface area contributed by atoms with Crippen LogP contribution < -0.4 is 10.2 Å². The highest BCUT2D eigenvalue weighted by Crippen LogP contribution is 2.46. The molecule has 0 bridgehead atoms. The third kappa shape index (κ3) is 6.20. The number of benzene rings is 1. The molecule has 1 aliphatic heterocycles. The monoisotopic (exact) mass is 465 g/mol. The lowest BCUT2D eigenvalue weighted by Gasteiger charge is -2.42. The lowest BCUT2D eigenvalue weighted by atomic mass is 9.63. The van der Waals surface area contributed by atoms with Gasteiger partial charge < -0.3 is 15.3 Å². The standard InChI is InChI=1S/C28H41N3O.C2H6/c1-27(2)14-15-28(3,4)24-20-21(10-11-23(24)27)25-8-7-9-26(30-25)31-17-12-22(13-18-31)29-16-5-6-19-32;1-2/h7-11,20,22,29,32H,5-6,12-19H2,1-4H3;1-2H3. The van der Waals surface area contributed by atoms with E-state index in [0.29, 0.717) is 12.6 Å². The number of aliphatic hydroxyl groups is 1. The number of hydrogen-bond donors (Lipinski definition) is 2. The van der Waals surface area contributed by atoms with Crippen LogP contribution in [0.5, 0.6) is 0 Å². The summed E-state index contributed by atoms with van der Waals surface area (Å²) < 4.78 is 0. The molecular weight excluding hydrogens is 418 g/mol. The van der Waals surface area contributed by atoms with Crippen molar-refractivity contribution in [2.75, 3.05) is 31.1 Å². The van der Waals surface area contributed by atoms with Gasteiger partial charge in [0.05, 0.1) is 5.69 Å². The van der Waals surface area contributed by atoms with Gasteiger partial charge >= 0.3 is 0 Å². The van der Waals surface area contributed by atoms with Gasteiger partial charge in [0.15, 0.2) is 0 Å². The Morgan fingerprint density at radius 2 is 1.62 bits per heavy atom. The minimum atomic E-state index is 0.213. The number of fused-ring (bicyclic) bond motifs is 1. The lowest BCUT2D eigenvalue weighted by Crippen LogP contribution is -2.43. The van der Waals surface area contributed by atoms with Gasteiger partial charge in [-0.15, -0.1) is 0 Å². The van der Waals surface area contributed by atoms with Gasteiger partial charge in [-0.3, -0.25) is 0 Å². The summed E-state index contributed by atoms with van der Waals surface area (Å²) in [5.41, 5.74) is 5.76. The predicted molar refractivity (Wildman–Crippen MR) is 146 cm³/mol. The van der Waals surface area contributed by atoms with E-state index in [1.807, 2.05) is 13.8 Å². The van der Waals surface area contributed by atoms with Gasteiger partial charge in [0.25, 0.3) is 0 Å². The molecule has 1 aromatic carbocycles. The van der Waals surface area contributed by atoms with E-state index in [1.54, 1.807) is 0 Å². The maximum absolute atomic E-state index is 8.93. The quantitative estimate of drug-likeness (QED) is 0.461. The van der Waals surface area contributed by atoms with E-state index in [1.165, 1.54) is 29.5 Å². The highest BCUT2D eigenvalue weighted by atomic mass is 16.2. The molecule has 1 aliphatic carbocycles. The zero-order valence-electron chi connectivity index (χ0n) is 22.5. The van der Waals surface area contributed by atoms with Crippen LogP contribution in [-0.4, -0.2) is 42.4 Å². The number of pyridine rings is 1. The van der Waals surface area contributed by atoms with Gasteiger partial charge in [-0.1, -0.05) is 59.7 Å². The van der Waals surface area contributed by atoms with Crippen molar-refractivity contribution < 1.29 is 5.11 Å². The molecular formula is C30H47N3O. The van der Waals surface area contributed by atoms with Gasteiger partial charge in [0.1, 0.15) is 5.82 Å². The first-order chi connectivity index (χ1) is 16.3. The summed E-state index contributed by atoms with van der Waals surface area (Å²) >= 11 is 0. The summed E-state index contributed by atoms with van der Waals surface area (Å²) in [7, 11) is 0. The van der Waals surface area contributed by atoms with E-state index in [-0.39, 0.29) is 10.8 Å². The van der Waals surface area contributed by atoms with Gasteiger partial charge in [-0.2, -0.15) is 0 Å². The fraction of sp³-hybridized carbons (Fsp3) is 0.633. The van der Waals surface area contributed by atoms with Crippen LogP contribution in [-0.2, 0) is 10.8 Å². The molecule has 0 radical (unpaired) electrons. The zero-order valence-corrected chi connectivity index (χ0v) is 22.5. The summed E-state index contributed by atoms with van der Waals surface area (Å²) in [4.78, 5) is 7.52. The van der Waals surface area contributed by atoms with Gasteiger partial charge in [-0.05, 0) is 85.2 Å². The minimum absolute atomic E-state index is 0.213. The molecule has 2 aliphatic rings. The Bertz CT molecular complexity index is 913. The van der Waals surface area contributed by atoms with Gasteiger partial charge in [-0.25, -0.2) is 4.98 Å². The van der Waals surface area contributed by atoms with Crippen LogP contribution in [0.2, 0.25) is 0 Å². The van der Waals surface area contributed by atoms with Crippen LogP contribution in [0.3, 0.4) is 0 Å². The maximum Gasteiger partial charge on any atom is 0.129 e. The highest BCUT2D eigenvalue weighted by molar-refractivity contribution is 5.65. The number of nitrogens with one attached hydrogen (secondary N) is 1. The molecule has 2 aromatic rings. The summed E-state index contributed by atoms with van der Waals surface area (Å²) in [6, 6.07) is 14.1. The van der Waals surface area contributed by atoms with Crippen LogP contribution in [0, 0.1) is 0 Å². The van der Waals surface area contributed by atoms with E-state index in [9.17, 15) is 0 Å². The molecule has 2 N–H and O–H groups in total. The fourth-order valence-electron chi connectivity index (χ4n) is 5.36. The predicted octanol–water partition coefficient (Wildman–Crippen LogP) is 6.45. The first-order valence-electron chi connectivity index (χ1n) is 13.5. The second-order valence-corrected chi connectivity index (χ2v) is 11.1. The summed E-state index contributed by atoms with van der Waals surface area (Å²) in [5.74, 6) is 1.10. The first kappa shape index (κ1) is 26.7. The van der Waals surface area contributed by atoms with Crippen LogP contribution in [0.4, 0.5) is 5.82 Å². The number of rotatable bonds is 7. The van der Waals surface area contributed by atoms with Gasteiger partial charge in [0.2, 0.25) is 0 Å². The van der Waals surface area contributed by atoms with Crippen molar-refractivity contribution in [2.24, 2.45) is 0 Å². The van der Waals surface area contributed by atoms with Crippen molar-refractivity contribution in [3.8, 4) is 11.3 Å². The number of aliphatic hydroxyl groups excluding tert-OH is 1. The lowest BCUT2D eigenvalue weighted by molar-refractivity contribution is 0.281. The third-order valence-corrected chi connectivity index (χ3v) is 7.72. The Kier molecular flexibility index (Phi) is 9.17. The van der Waals surface area contributed by atoms with Crippen LogP contribution in [0.15, 0.2) is 36.4 Å². The summed E-state index contributed by atoms with van der Waals surface area (Å²) in [6.07, 6.45) is 6.70. The highest BCUT2D eigenvalue weighted by Gasteiger charge is 2.37. The molecule has 1 saturated heterocycles. The number of piperidine rings is 1.